The first kappa shape index (κ1) is 18.9. The largest absolute Gasteiger partial charge is 0.379 e. The van der Waals surface area contributed by atoms with E-state index < -0.39 is 26.6 Å². The van der Waals surface area contributed by atoms with Gasteiger partial charge in [-0.1, -0.05) is 30.3 Å². The van der Waals surface area contributed by atoms with Gasteiger partial charge in [-0.25, -0.2) is 21.9 Å². The Hall–Kier alpha value is -1.87. The van der Waals surface area contributed by atoms with Crippen LogP contribution in [0, 0.1) is 11.6 Å². The fraction of sp³-hybridized carbons (Fsp3) is 0.333. The van der Waals surface area contributed by atoms with Crippen molar-refractivity contribution < 1.29 is 21.9 Å². The van der Waals surface area contributed by atoms with Crippen molar-refractivity contribution in [3.05, 3.63) is 65.7 Å². The highest BCUT2D eigenvalue weighted by Crippen LogP contribution is 2.22. The molecule has 3 rings (SSSR count). The number of hydrogen-bond donors (Lipinski definition) is 1. The Morgan fingerprint density at radius 1 is 1.04 bits per heavy atom. The summed E-state index contributed by atoms with van der Waals surface area (Å²) in [6, 6.07) is 11.6. The zero-order chi connectivity index (χ0) is 18.6. The summed E-state index contributed by atoms with van der Waals surface area (Å²) >= 11 is 0. The normalized spacial score (nSPS) is 17.2. The van der Waals surface area contributed by atoms with E-state index >= 15 is 0 Å². The maximum Gasteiger partial charge on any atom is 0.240 e. The number of nitrogens with one attached hydrogen (secondary N) is 1. The Labute approximate surface area is 151 Å². The summed E-state index contributed by atoms with van der Waals surface area (Å²) in [6.45, 7) is 2.59. The first-order valence-electron chi connectivity index (χ1n) is 8.28. The van der Waals surface area contributed by atoms with Crippen molar-refractivity contribution >= 4 is 10.0 Å². The fourth-order valence-electron chi connectivity index (χ4n) is 2.98. The van der Waals surface area contributed by atoms with Gasteiger partial charge in [0.05, 0.1) is 18.1 Å². The van der Waals surface area contributed by atoms with Crippen LogP contribution < -0.4 is 4.72 Å². The first-order chi connectivity index (χ1) is 12.5. The minimum absolute atomic E-state index is 0.0878. The lowest BCUT2D eigenvalue weighted by atomic mass is 10.1. The van der Waals surface area contributed by atoms with Crippen LogP contribution in [0.15, 0.2) is 53.4 Å². The molecule has 5 nitrogen and oxygen atoms in total. The lowest BCUT2D eigenvalue weighted by molar-refractivity contribution is 0.0172. The monoisotopic (exact) mass is 382 g/mol. The molecule has 1 aliphatic heterocycles. The molecule has 2 aromatic carbocycles. The zero-order valence-electron chi connectivity index (χ0n) is 14.1. The highest BCUT2D eigenvalue weighted by atomic mass is 32.2. The van der Waals surface area contributed by atoms with Crippen molar-refractivity contribution in [3.63, 3.8) is 0 Å². The van der Waals surface area contributed by atoms with Crippen LogP contribution in [0.2, 0.25) is 0 Å². The molecule has 0 saturated carbocycles. The number of rotatable bonds is 6. The molecule has 0 spiro atoms. The number of halogens is 2. The van der Waals surface area contributed by atoms with Crippen LogP contribution in [0.5, 0.6) is 0 Å². The van der Waals surface area contributed by atoms with Crippen LogP contribution in [-0.2, 0) is 14.8 Å². The summed E-state index contributed by atoms with van der Waals surface area (Å²) in [5.41, 5.74) is 0.961. The molecule has 0 bridgehead atoms. The van der Waals surface area contributed by atoms with Gasteiger partial charge in [0, 0.05) is 31.7 Å². The molecule has 0 aromatic heterocycles. The molecule has 1 N–H and O–H groups in total. The van der Waals surface area contributed by atoms with E-state index in [0.717, 1.165) is 17.7 Å². The van der Waals surface area contributed by atoms with Crippen molar-refractivity contribution in [2.45, 2.75) is 10.9 Å². The van der Waals surface area contributed by atoms with Crippen LogP contribution in [0.3, 0.4) is 0 Å². The highest BCUT2D eigenvalue weighted by Gasteiger charge is 2.25. The molecule has 2 aromatic rings. The number of morpholine rings is 1. The maximum absolute atomic E-state index is 13.4. The quantitative estimate of drug-likeness (QED) is 0.833. The molecular weight excluding hydrogens is 362 g/mol. The third-order valence-corrected chi connectivity index (χ3v) is 5.69. The van der Waals surface area contributed by atoms with Crippen molar-refractivity contribution in [1.29, 1.82) is 0 Å². The van der Waals surface area contributed by atoms with Gasteiger partial charge in [-0.15, -0.1) is 0 Å². The van der Waals surface area contributed by atoms with Crippen LogP contribution in [0.4, 0.5) is 8.78 Å². The molecule has 0 aliphatic carbocycles. The Bertz CT molecular complexity index is 821. The van der Waals surface area contributed by atoms with Crippen molar-refractivity contribution in [2.24, 2.45) is 0 Å². The SMILES string of the molecule is O=S(=O)(NCC(c1ccccc1)N1CCOCC1)c1cc(F)cc(F)c1. The molecule has 140 valence electrons. The maximum atomic E-state index is 13.4. The van der Waals surface area contributed by atoms with Crippen LogP contribution in [0.25, 0.3) is 0 Å². The molecule has 1 aliphatic rings. The van der Waals surface area contributed by atoms with Crippen LogP contribution in [0.1, 0.15) is 11.6 Å². The topological polar surface area (TPSA) is 58.6 Å². The number of sulfonamides is 1. The summed E-state index contributed by atoms with van der Waals surface area (Å²) in [6.07, 6.45) is 0. The van der Waals surface area contributed by atoms with E-state index in [9.17, 15) is 17.2 Å². The summed E-state index contributed by atoms with van der Waals surface area (Å²) in [7, 11) is -4.03. The summed E-state index contributed by atoms with van der Waals surface area (Å²) in [4.78, 5) is 1.71. The van der Waals surface area contributed by atoms with Gasteiger partial charge in [0.2, 0.25) is 10.0 Å². The van der Waals surface area contributed by atoms with E-state index in [-0.39, 0.29) is 12.6 Å². The molecule has 26 heavy (non-hydrogen) atoms. The zero-order valence-corrected chi connectivity index (χ0v) is 14.9. The van der Waals surface area contributed by atoms with Crippen LogP contribution in [-0.4, -0.2) is 46.2 Å². The third-order valence-electron chi connectivity index (χ3n) is 4.28. The lowest BCUT2D eigenvalue weighted by Crippen LogP contribution is -2.43. The Kier molecular flexibility index (Phi) is 5.98. The van der Waals surface area contributed by atoms with E-state index in [2.05, 4.69) is 9.62 Å². The van der Waals surface area contributed by atoms with Gasteiger partial charge in [0.25, 0.3) is 0 Å². The number of benzene rings is 2. The molecule has 0 radical (unpaired) electrons. The van der Waals surface area contributed by atoms with E-state index in [1.165, 1.54) is 0 Å². The summed E-state index contributed by atoms with van der Waals surface area (Å²) < 4.78 is 59.5. The molecule has 1 fully saturated rings. The van der Waals surface area contributed by atoms with Crippen molar-refractivity contribution in [2.75, 3.05) is 32.8 Å². The summed E-state index contributed by atoms with van der Waals surface area (Å²) in [5, 5.41) is 0. The number of ether oxygens (including phenoxy) is 1. The predicted molar refractivity (Wildman–Crippen MR) is 93.1 cm³/mol. The van der Waals surface area contributed by atoms with Gasteiger partial charge in [0.15, 0.2) is 0 Å². The molecule has 0 amide bonds. The first-order valence-corrected chi connectivity index (χ1v) is 9.76. The second-order valence-corrected chi connectivity index (χ2v) is 7.80. The summed E-state index contributed by atoms with van der Waals surface area (Å²) in [5.74, 6) is -1.86. The molecule has 1 atom stereocenters. The lowest BCUT2D eigenvalue weighted by Gasteiger charge is -2.34. The van der Waals surface area contributed by atoms with E-state index in [1.807, 2.05) is 30.3 Å². The van der Waals surface area contributed by atoms with Gasteiger partial charge < -0.3 is 4.74 Å². The third kappa shape index (κ3) is 4.64. The van der Waals surface area contributed by atoms with E-state index in [0.29, 0.717) is 32.4 Å². The molecule has 1 unspecified atom stereocenters. The van der Waals surface area contributed by atoms with Gasteiger partial charge in [0.1, 0.15) is 11.6 Å². The molecule has 1 saturated heterocycles. The second-order valence-electron chi connectivity index (χ2n) is 6.03. The predicted octanol–water partition coefficient (Wildman–Crippen LogP) is 2.32. The van der Waals surface area contributed by atoms with Crippen molar-refractivity contribution in [3.8, 4) is 0 Å². The van der Waals surface area contributed by atoms with E-state index in [4.69, 9.17) is 4.74 Å². The molecule has 1 heterocycles. The average molecular weight is 382 g/mol. The average Bonchev–Trinajstić information content (AvgIpc) is 2.63. The fourth-order valence-corrected chi connectivity index (χ4v) is 4.06. The van der Waals surface area contributed by atoms with Gasteiger partial charge >= 0.3 is 0 Å². The van der Waals surface area contributed by atoms with Crippen LogP contribution >= 0.6 is 0 Å². The number of nitrogens with zero attached hydrogens (tertiary/aromatic N) is 1. The second kappa shape index (κ2) is 8.22. The highest BCUT2D eigenvalue weighted by molar-refractivity contribution is 7.89. The number of hydrogen-bond acceptors (Lipinski definition) is 4. The van der Waals surface area contributed by atoms with Gasteiger partial charge in [-0.05, 0) is 17.7 Å². The van der Waals surface area contributed by atoms with Crippen molar-refractivity contribution in [1.82, 2.24) is 9.62 Å². The smallest absolute Gasteiger partial charge is 0.240 e. The Morgan fingerprint density at radius 3 is 2.27 bits per heavy atom. The minimum atomic E-state index is -4.03. The minimum Gasteiger partial charge on any atom is -0.379 e. The van der Waals surface area contributed by atoms with E-state index in [1.54, 1.807) is 0 Å². The molecule has 8 heteroatoms. The molecular formula is C18H20F2N2O3S. The Morgan fingerprint density at radius 2 is 1.65 bits per heavy atom. The van der Waals surface area contributed by atoms with Gasteiger partial charge in [-0.3, -0.25) is 4.90 Å². The van der Waals surface area contributed by atoms with Gasteiger partial charge in [-0.2, -0.15) is 0 Å². The standard InChI is InChI=1S/C18H20F2N2O3S/c19-15-10-16(20)12-17(11-15)26(23,24)21-13-18(14-4-2-1-3-5-14)22-6-8-25-9-7-22/h1-5,10-12,18,21H,6-9,13H2. The Balaban J connectivity index is 1.80.